The smallest absolute Gasteiger partial charge is 0.383 e. The molecule has 0 spiro atoms. The third-order valence-corrected chi connectivity index (χ3v) is 4.73. The van der Waals surface area contributed by atoms with Gasteiger partial charge in [0, 0.05) is 30.7 Å². The van der Waals surface area contributed by atoms with Crippen LogP contribution in [0.25, 0.3) is 11.0 Å². The number of rotatable bonds is 4. The predicted molar refractivity (Wildman–Crippen MR) is 115 cm³/mol. The van der Waals surface area contributed by atoms with Crippen LogP contribution >= 0.6 is 0 Å². The van der Waals surface area contributed by atoms with E-state index in [0.29, 0.717) is 11.0 Å². The van der Waals surface area contributed by atoms with Crippen molar-refractivity contribution in [1.82, 2.24) is 19.5 Å². The fourth-order valence-electron chi connectivity index (χ4n) is 3.26. The van der Waals surface area contributed by atoms with Crippen molar-refractivity contribution >= 4 is 40.0 Å². The molecule has 0 aliphatic carbocycles. The summed E-state index contributed by atoms with van der Waals surface area (Å²) in [6.45, 7) is 0. The highest BCUT2D eigenvalue weighted by molar-refractivity contribution is 6.18. The fraction of sp³-hybridized carbons (Fsp3) is 0.0952. The van der Waals surface area contributed by atoms with Crippen LogP contribution in [0.2, 0.25) is 0 Å². The van der Waals surface area contributed by atoms with Gasteiger partial charge in [-0.15, -0.1) is 0 Å². The van der Waals surface area contributed by atoms with Crippen molar-refractivity contribution in [3.8, 4) is 0 Å². The quantitative estimate of drug-likeness (QED) is 0.401. The summed E-state index contributed by atoms with van der Waals surface area (Å²) in [6, 6.07) is 4.79. The molecule has 0 bridgehead atoms. The summed E-state index contributed by atoms with van der Waals surface area (Å²) in [5.41, 5.74) is 6.04. The molecular weight excluding hydrogens is 439 g/mol. The lowest BCUT2D eigenvalue weighted by Crippen LogP contribution is -2.20. The summed E-state index contributed by atoms with van der Waals surface area (Å²) in [6.07, 6.45) is 0.933. The lowest BCUT2D eigenvalue weighted by molar-refractivity contribution is -0.137. The summed E-state index contributed by atoms with van der Waals surface area (Å²) in [5, 5.41) is 5.16. The number of pyridine rings is 1. The normalized spacial score (nSPS) is 11.4. The van der Waals surface area contributed by atoms with E-state index < -0.39 is 23.6 Å². The van der Waals surface area contributed by atoms with Crippen LogP contribution in [0, 0.1) is 0 Å². The minimum Gasteiger partial charge on any atom is -0.383 e. The molecule has 4 rings (SSSR count). The molecule has 168 valence electrons. The van der Waals surface area contributed by atoms with Crippen molar-refractivity contribution < 1.29 is 22.8 Å². The zero-order valence-electron chi connectivity index (χ0n) is 17.0. The van der Waals surface area contributed by atoms with Gasteiger partial charge in [-0.25, -0.2) is 14.8 Å². The van der Waals surface area contributed by atoms with Gasteiger partial charge in [0.2, 0.25) is 0 Å². The molecule has 2 amide bonds. The maximum atomic E-state index is 13.1. The number of urea groups is 1. The van der Waals surface area contributed by atoms with Gasteiger partial charge < -0.3 is 20.9 Å². The number of nitrogens with two attached hydrogens (primary N) is 1. The van der Waals surface area contributed by atoms with Gasteiger partial charge in [0.05, 0.1) is 28.4 Å². The maximum absolute atomic E-state index is 13.1. The molecule has 0 aliphatic heterocycles. The highest BCUT2D eigenvalue weighted by Gasteiger charge is 2.30. The third kappa shape index (κ3) is 4.44. The summed E-state index contributed by atoms with van der Waals surface area (Å²) in [4.78, 5) is 37.4. The summed E-state index contributed by atoms with van der Waals surface area (Å²) in [7, 11) is 1.71. The highest BCUT2D eigenvalue weighted by Crippen LogP contribution is 2.31. The molecule has 0 aliphatic rings. The SMILES string of the molecule is Cn1cc(C(=O)c2cncc(NC(=O)Nc3cccc(C(F)(F)F)c3)c2)c2c(N)ncnc21. The number of nitrogen functional groups attached to an aromatic ring is 1. The van der Waals surface area contributed by atoms with Gasteiger partial charge in [-0.1, -0.05) is 6.07 Å². The van der Waals surface area contributed by atoms with Crippen LogP contribution in [-0.2, 0) is 13.2 Å². The highest BCUT2D eigenvalue weighted by atomic mass is 19.4. The standard InChI is InChI=1S/C21H16F3N7O2/c1-31-9-15(16-18(25)27-10-28-19(16)31)17(32)11-5-14(8-26-7-11)30-20(33)29-13-4-2-3-12(6-13)21(22,23)24/h2-10H,1H3,(H2,25,27,28)(H2,29,30,33). The number of ketones is 1. The maximum Gasteiger partial charge on any atom is 0.416 e. The Kier molecular flexibility index (Phi) is 5.42. The minimum atomic E-state index is -4.54. The van der Waals surface area contributed by atoms with Crippen molar-refractivity contribution in [2.24, 2.45) is 7.05 Å². The van der Waals surface area contributed by atoms with Crippen LogP contribution in [0.4, 0.5) is 35.2 Å². The first-order valence-electron chi connectivity index (χ1n) is 9.44. The summed E-state index contributed by atoms with van der Waals surface area (Å²) >= 11 is 0. The molecule has 3 aromatic heterocycles. The first-order valence-corrected chi connectivity index (χ1v) is 9.44. The zero-order valence-corrected chi connectivity index (χ0v) is 17.0. The van der Waals surface area contributed by atoms with Crippen LogP contribution in [0.5, 0.6) is 0 Å². The predicted octanol–water partition coefficient (Wildman–Crippen LogP) is 3.84. The number of nitrogens with one attached hydrogen (secondary N) is 2. The van der Waals surface area contributed by atoms with Gasteiger partial charge >= 0.3 is 12.2 Å². The molecule has 9 nitrogen and oxygen atoms in total. The van der Waals surface area contributed by atoms with E-state index in [-0.39, 0.29) is 28.3 Å². The van der Waals surface area contributed by atoms with Crippen molar-refractivity contribution in [3.63, 3.8) is 0 Å². The number of aryl methyl sites for hydroxylation is 1. The first kappa shape index (κ1) is 21.7. The fourth-order valence-corrected chi connectivity index (χ4v) is 3.26. The third-order valence-electron chi connectivity index (χ3n) is 4.73. The van der Waals surface area contributed by atoms with E-state index in [1.54, 1.807) is 17.8 Å². The molecule has 4 aromatic rings. The molecular formula is C21H16F3N7O2. The number of aromatic nitrogens is 4. The Morgan fingerprint density at radius 1 is 1.06 bits per heavy atom. The van der Waals surface area contributed by atoms with Crippen LogP contribution in [-0.4, -0.2) is 31.3 Å². The molecule has 12 heteroatoms. The molecule has 4 N–H and O–H groups in total. The largest absolute Gasteiger partial charge is 0.416 e. The van der Waals surface area contributed by atoms with E-state index in [1.807, 2.05) is 0 Å². The molecule has 0 saturated heterocycles. The van der Waals surface area contributed by atoms with Crippen molar-refractivity contribution in [2.45, 2.75) is 6.18 Å². The van der Waals surface area contributed by atoms with Crippen molar-refractivity contribution in [1.29, 1.82) is 0 Å². The van der Waals surface area contributed by atoms with Crippen molar-refractivity contribution in [3.05, 3.63) is 71.9 Å². The number of anilines is 3. The number of fused-ring (bicyclic) bond motifs is 1. The second-order valence-electron chi connectivity index (χ2n) is 7.06. The van der Waals surface area contributed by atoms with Gasteiger partial charge in [-0.05, 0) is 24.3 Å². The number of benzene rings is 1. The Bertz CT molecular complexity index is 1380. The van der Waals surface area contributed by atoms with Gasteiger partial charge in [0.1, 0.15) is 17.8 Å². The average Bonchev–Trinajstić information content (AvgIpc) is 3.11. The number of carbonyl (C=O) groups excluding carboxylic acids is 2. The molecule has 0 unspecified atom stereocenters. The summed E-state index contributed by atoms with van der Waals surface area (Å²) in [5.74, 6) is -0.275. The van der Waals surface area contributed by atoms with Gasteiger partial charge in [-0.2, -0.15) is 13.2 Å². The molecule has 0 fully saturated rings. The number of amides is 2. The minimum absolute atomic E-state index is 0.0475. The van der Waals surface area contributed by atoms with Gasteiger partial charge in [-0.3, -0.25) is 9.78 Å². The van der Waals surface area contributed by atoms with Crippen LogP contribution in [0.1, 0.15) is 21.5 Å². The van der Waals surface area contributed by atoms with Gasteiger partial charge in [0.25, 0.3) is 0 Å². The van der Waals surface area contributed by atoms with Crippen LogP contribution < -0.4 is 16.4 Å². The van der Waals surface area contributed by atoms with E-state index in [2.05, 4.69) is 25.6 Å². The lowest BCUT2D eigenvalue weighted by Gasteiger charge is -2.11. The Morgan fingerprint density at radius 3 is 2.58 bits per heavy atom. The number of alkyl halides is 3. The average molecular weight is 455 g/mol. The molecule has 3 heterocycles. The zero-order chi connectivity index (χ0) is 23.8. The number of nitrogens with zero attached hydrogens (tertiary/aromatic N) is 4. The van der Waals surface area contributed by atoms with Gasteiger partial charge in [0.15, 0.2) is 5.78 Å². The number of hydrogen-bond donors (Lipinski definition) is 3. The number of carbonyl (C=O) groups is 2. The Morgan fingerprint density at radius 2 is 1.82 bits per heavy atom. The molecule has 33 heavy (non-hydrogen) atoms. The molecule has 0 atom stereocenters. The van der Waals surface area contributed by atoms with E-state index in [1.165, 1.54) is 36.9 Å². The van der Waals surface area contributed by atoms with Crippen LogP contribution in [0.3, 0.4) is 0 Å². The Labute approximate surface area is 184 Å². The van der Waals surface area contributed by atoms with Crippen molar-refractivity contribution in [2.75, 3.05) is 16.4 Å². The molecule has 0 saturated carbocycles. The van der Waals surface area contributed by atoms with E-state index in [0.717, 1.165) is 12.1 Å². The second-order valence-corrected chi connectivity index (χ2v) is 7.06. The van der Waals surface area contributed by atoms with E-state index >= 15 is 0 Å². The summed E-state index contributed by atoms with van der Waals surface area (Å²) < 4.78 is 40.2. The lowest BCUT2D eigenvalue weighted by atomic mass is 10.1. The van der Waals surface area contributed by atoms with E-state index in [9.17, 15) is 22.8 Å². The van der Waals surface area contributed by atoms with E-state index in [4.69, 9.17) is 5.73 Å². The molecule has 0 radical (unpaired) electrons. The molecule has 1 aromatic carbocycles. The first-order chi connectivity index (χ1) is 15.6. The topological polar surface area (TPSA) is 128 Å². The Balaban J connectivity index is 1.54. The number of halogens is 3. The van der Waals surface area contributed by atoms with Crippen LogP contribution in [0.15, 0.2) is 55.2 Å². The number of hydrogen-bond acceptors (Lipinski definition) is 6. The monoisotopic (exact) mass is 455 g/mol. The Hall–Kier alpha value is -4.48. The second kappa shape index (κ2) is 8.22.